The molecule has 1 aromatic carbocycles. The minimum Gasteiger partial charge on any atom is -0.444 e. The number of amides is 2. The number of aryl methyl sites for hydroxylation is 1. The third-order valence-corrected chi connectivity index (χ3v) is 3.20. The second kappa shape index (κ2) is 8.17. The number of anilines is 1. The van der Waals surface area contributed by atoms with Crippen LogP contribution in [0.15, 0.2) is 22.7 Å². The van der Waals surface area contributed by atoms with E-state index in [0.29, 0.717) is 19.4 Å². The normalized spacial score (nSPS) is 11.0. The zero-order chi connectivity index (χ0) is 16.8. The molecular weight excluding hydrogens is 348 g/mol. The van der Waals surface area contributed by atoms with Crippen LogP contribution in [0.4, 0.5) is 10.5 Å². The molecule has 1 aromatic rings. The first-order valence-electron chi connectivity index (χ1n) is 7.20. The molecule has 0 heterocycles. The SMILES string of the molecule is Cc1cc(Br)ccc1NC(=O)CCCNC(=O)OC(C)(C)C. The van der Waals surface area contributed by atoms with Gasteiger partial charge in [0, 0.05) is 23.1 Å². The third kappa shape index (κ3) is 7.45. The molecule has 0 spiro atoms. The van der Waals surface area contributed by atoms with E-state index in [9.17, 15) is 9.59 Å². The Labute approximate surface area is 139 Å². The predicted molar refractivity (Wildman–Crippen MR) is 91.0 cm³/mol. The van der Waals surface area contributed by atoms with Gasteiger partial charge in [-0.15, -0.1) is 0 Å². The maximum Gasteiger partial charge on any atom is 0.407 e. The second-order valence-electron chi connectivity index (χ2n) is 6.04. The number of carbonyl (C=O) groups excluding carboxylic acids is 2. The summed E-state index contributed by atoms with van der Waals surface area (Å²) in [4.78, 5) is 23.3. The molecule has 0 aromatic heterocycles. The first kappa shape index (κ1) is 18.5. The van der Waals surface area contributed by atoms with E-state index in [1.165, 1.54) is 0 Å². The van der Waals surface area contributed by atoms with Crippen LogP contribution in [0.5, 0.6) is 0 Å². The lowest BCUT2D eigenvalue weighted by atomic mass is 10.2. The van der Waals surface area contributed by atoms with E-state index < -0.39 is 11.7 Å². The lowest BCUT2D eigenvalue weighted by Crippen LogP contribution is -2.33. The van der Waals surface area contributed by atoms with Gasteiger partial charge in [-0.05, 0) is 57.9 Å². The quantitative estimate of drug-likeness (QED) is 0.769. The minimum atomic E-state index is -0.513. The van der Waals surface area contributed by atoms with Crippen molar-refractivity contribution in [2.45, 2.75) is 46.1 Å². The molecule has 0 atom stereocenters. The van der Waals surface area contributed by atoms with Crippen molar-refractivity contribution in [2.24, 2.45) is 0 Å². The van der Waals surface area contributed by atoms with Crippen LogP contribution in [0.3, 0.4) is 0 Å². The minimum absolute atomic E-state index is 0.0728. The summed E-state index contributed by atoms with van der Waals surface area (Å²) in [5.74, 6) is -0.0728. The van der Waals surface area contributed by atoms with Gasteiger partial charge >= 0.3 is 6.09 Å². The summed E-state index contributed by atoms with van der Waals surface area (Å²) in [7, 11) is 0. The zero-order valence-corrected chi connectivity index (χ0v) is 15.0. The van der Waals surface area contributed by atoms with Crippen molar-refractivity contribution >= 4 is 33.6 Å². The Morgan fingerprint density at radius 3 is 2.55 bits per heavy atom. The van der Waals surface area contributed by atoms with Gasteiger partial charge in [-0.2, -0.15) is 0 Å². The van der Waals surface area contributed by atoms with Gasteiger partial charge in [0.1, 0.15) is 5.60 Å². The first-order valence-corrected chi connectivity index (χ1v) is 7.99. The molecule has 1 rings (SSSR count). The van der Waals surface area contributed by atoms with E-state index in [4.69, 9.17) is 4.74 Å². The van der Waals surface area contributed by atoms with E-state index in [0.717, 1.165) is 15.7 Å². The molecule has 0 aliphatic rings. The van der Waals surface area contributed by atoms with E-state index in [-0.39, 0.29) is 5.91 Å². The molecule has 0 radical (unpaired) electrons. The lowest BCUT2D eigenvalue weighted by Gasteiger charge is -2.19. The Morgan fingerprint density at radius 1 is 1.27 bits per heavy atom. The maximum atomic E-state index is 11.9. The summed E-state index contributed by atoms with van der Waals surface area (Å²) in [6.07, 6.45) is 0.433. The number of carbonyl (C=O) groups is 2. The van der Waals surface area contributed by atoms with E-state index in [1.807, 2.05) is 25.1 Å². The van der Waals surface area contributed by atoms with Gasteiger partial charge in [-0.25, -0.2) is 4.79 Å². The molecule has 0 aliphatic carbocycles. The molecule has 0 aliphatic heterocycles. The number of halogens is 1. The number of hydrogen-bond donors (Lipinski definition) is 2. The van der Waals surface area contributed by atoms with Crippen LogP contribution < -0.4 is 10.6 Å². The summed E-state index contributed by atoms with van der Waals surface area (Å²) in [6.45, 7) is 7.76. The molecule has 122 valence electrons. The monoisotopic (exact) mass is 370 g/mol. The highest BCUT2D eigenvalue weighted by molar-refractivity contribution is 9.10. The summed E-state index contributed by atoms with van der Waals surface area (Å²) >= 11 is 3.38. The number of hydrogen-bond acceptors (Lipinski definition) is 3. The van der Waals surface area contributed by atoms with Crippen LogP contribution in [-0.4, -0.2) is 24.1 Å². The molecule has 6 heteroatoms. The Balaban J connectivity index is 2.28. The van der Waals surface area contributed by atoms with E-state index in [1.54, 1.807) is 20.8 Å². The second-order valence-corrected chi connectivity index (χ2v) is 6.96. The van der Waals surface area contributed by atoms with Crippen LogP contribution >= 0.6 is 15.9 Å². The van der Waals surface area contributed by atoms with Crippen molar-refractivity contribution < 1.29 is 14.3 Å². The predicted octanol–water partition coefficient (Wildman–Crippen LogP) is 4.00. The van der Waals surface area contributed by atoms with Gasteiger partial charge in [0.15, 0.2) is 0 Å². The van der Waals surface area contributed by atoms with Gasteiger partial charge < -0.3 is 15.4 Å². The number of rotatable bonds is 5. The average Bonchev–Trinajstić information content (AvgIpc) is 2.36. The van der Waals surface area contributed by atoms with Crippen molar-refractivity contribution in [2.75, 3.05) is 11.9 Å². The Hall–Kier alpha value is -1.56. The molecular formula is C16H23BrN2O3. The molecule has 22 heavy (non-hydrogen) atoms. The van der Waals surface area contributed by atoms with Gasteiger partial charge in [0.05, 0.1) is 0 Å². The zero-order valence-electron chi connectivity index (χ0n) is 13.5. The summed E-state index contributed by atoms with van der Waals surface area (Å²) in [5, 5.41) is 5.49. The maximum absolute atomic E-state index is 11.9. The standard InChI is InChI=1S/C16H23BrN2O3/c1-11-10-12(17)7-8-13(11)19-14(20)6-5-9-18-15(21)22-16(2,3)4/h7-8,10H,5-6,9H2,1-4H3,(H,18,21)(H,19,20). The number of alkyl carbamates (subject to hydrolysis) is 1. The largest absolute Gasteiger partial charge is 0.444 e. The Morgan fingerprint density at radius 2 is 1.95 bits per heavy atom. The van der Waals surface area contributed by atoms with Crippen molar-refractivity contribution in [3.63, 3.8) is 0 Å². The van der Waals surface area contributed by atoms with E-state index in [2.05, 4.69) is 26.6 Å². The fraction of sp³-hybridized carbons (Fsp3) is 0.500. The van der Waals surface area contributed by atoms with Crippen LogP contribution in [0.2, 0.25) is 0 Å². The molecule has 0 unspecified atom stereocenters. The molecule has 0 bridgehead atoms. The van der Waals surface area contributed by atoms with Crippen LogP contribution in [0.25, 0.3) is 0 Å². The van der Waals surface area contributed by atoms with Crippen LogP contribution in [0.1, 0.15) is 39.2 Å². The topological polar surface area (TPSA) is 67.4 Å². The third-order valence-electron chi connectivity index (χ3n) is 2.71. The molecule has 2 amide bonds. The molecule has 0 saturated heterocycles. The van der Waals surface area contributed by atoms with Crippen LogP contribution in [-0.2, 0) is 9.53 Å². The summed E-state index contributed by atoms with van der Waals surface area (Å²) < 4.78 is 6.09. The highest BCUT2D eigenvalue weighted by Crippen LogP contribution is 2.20. The highest BCUT2D eigenvalue weighted by atomic mass is 79.9. The molecule has 0 saturated carbocycles. The highest BCUT2D eigenvalue weighted by Gasteiger charge is 2.15. The van der Waals surface area contributed by atoms with Crippen molar-refractivity contribution in [1.82, 2.24) is 5.32 Å². The smallest absolute Gasteiger partial charge is 0.407 e. The summed E-state index contributed by atoms with van der Waals surface area (Å²) in [5.41, 5.74) is 1.28. The molecule has 2 N–H and O–H groups in total. The van der Waals surface area contributed by atoms with Gasteiger partial charge in [0.25, 0.3) is 0 Å². The molecule has 5 nitrogen and oxygen atoms in total. The Bertz CT molecular complexity index is 539. The van der Waals surface area contributed by atoms with Gasteiger partial charge in [-0.3, -0.25) is 4.79 Å². The van der Waals surface area contributed by atoms with Crippen molar-refractivity contribution in [3.05, 3.63) is 28.2 Å². The number of nitrogens with one attached hydrogen (secondary N) is 2. The average molecular weight is 371 g/mol. The fourth-order valence-electron chi connectivity index (χ4n) is 1.73. The molecule has 0 fully saturated rings. The van der Waals surface area contributed by atoms with Gasteiger partial charge in [-0.1, -0.05) is 15.9 Å². The van der Waals surface area contributed by atoms with Crippen molar-refractivity contribution in [1.29, 1.82) is 0 Å². The summed E-state index contributed by atoms with van der Waals surface area (Å²) in [6, 6.07) is 5.68. The van der Waals surface area contributed by atoms with Crippen LogP contribution in [0, 0.1) is 6.92 Å². The van der Waals surface area contributed by atoms with Crippen molar-refractivity contribution in [3.8, 4) is 0 Å². The van der Waals surface area contributed by atoms with Gasteiger partial charge in [0.2, 0.25) is 5.91 Å². The first-order chi connectivity index (χ1) is 10.2. The van der Waals surface area contributed by atoms with E-state index >= 15 is 0 Å². The fourth-order valence-corrected chi connectivity index (χ4v) is 2.21. The lowest BCUT2D eigenvalue weighted by molar-refractivity contribution is -0.116. The number of benzene rings is 1. The number of ether oxygens (including phenoxy) is 1. The Kier molecular flexibility index (Phi) is 6.87.